The summed E-state index contributed by atoms with van der Waals surface area (Å²) in [5.74, 6) is -1.04. The Balaban J connectivity index is 2.23. The summed E-state index contributed by atoms with van der Waals surface area (Å²) in [7, 11) is -3.60. The molecule has 2 amide bonds. The van der Waals surface area contributed by atoms with Crippen molar-refractivity contribution in [2.75, 3.05) is 18.4 Å². The molecule has 0 fully saturated rings. The monoisotopic (exact) mass is 437 g/mol. The Morgan fingerprint density at radius 3 is 2.28 bits per heavy atom. The van der Waals surface area contributed by atoms with Gasteiger partial charge in [0, 0.05) is 23.5 Å². The van der Waals surface area contributed by atoms with E-state index in [0.717, 1.165) is 23.3 Å². The van der Waals surface area contributed by atoms with Crippen LogP contribution in [0.2, 0.25) is 0 Å². The predicted octanol–water partition coefficient (Wildman–Crippen LogP) is 3.53. The van der Waals surface area contributed by atoms with Gasteiger partial charge < -0.3 is 11.1 Å². The number of carbonyl (C=O) groups excluding carboxylic acids is 2. The Hall–Kier alpha value is -2.23. The van der Waals surface area contributed by atoms with Crippen LogP contribution in [-0.2, 0) is 10.0 Å². The number of aryl methyl sites for hydroxylation is 1. The summed E-state index contributed by atoms with van der Waals surface area (Å²) < 4.78 is 27.0. The minimum absolute atomic E-state index is 0.146. The van der Waals surface area contributed by atoms with Gasteiger partial charge in [-0.05, 0) is 50.1 Å². The Labute approximate surface area is 176 Å². The average molecular weight is 438 g/mol. The predicted molar refractivity (Wildman–Crippen MR) is 116 cm³/mol. The van der Waals surface area contributed by atoms with E-state index in [4.69, 9.17) is 5.73 Å². The van der Waals surface area contributed by atoms with Gasteiger partial charge in [0.2, 0.25) is 10.0 Å². The maximum Gasteiger partial charge on any atom is 0.256 e. The number of carbonyl (C=O) groups is 2. The number of primary amides is 1. The van der Waals surface area contributed by atoms with Crippen LogP contribution >= 0.6 is 11.3 Å². The van der Waals surface area contributed by atoms with Gasteiger partial charge >= 0.3 is 0 Å². The smallest absolute Gasteiger partial charge is 0.256 e. The van der Waals surface area contributed by atoms with E-state index >= 15 is 0 Å². The number of nitrogens with zero attached hydrogens (tertiary/aromatic N) is 1. The lowest BCUT2D eigenvalue weighted by Crippen LogP contribution is -2.31. The van der Waals surface area contributed by atoms with Crippen LogP contribution in [0.3, 0.4) is 0 Å². The van der Waals surface area contributed by atoms with E-state index in [-0.39, 0.29) is 4.90 Å². The molecule has 1 aromatic heterocycles. The third-order valence-electron chi connectivity index (χ3n) is 4.73. The molecule has 7 nitrogen and oxygen atoms in total. The second-order valence-corrected chi connectivity index (χ2v) is 9.84. The van der Waals surface area contributed by atoms with E-state index in [1.165, 1.54) is 39.9 Å². The van der Waals surface area contributed by atoms with Crippen molar-refractivity contribution in [2.45, 2.75) is 45.4 Å². The molecule has 29 heavy (non-hydrogen) atoms. The highest BCUT2D eigenvalue weighted by atomic mass is 32.2. The molecular weight excluding hydrogens is 410 g/mol. The number of anilines is 1. The number of nitrogens with two attached hydrogens (primary N) is 1. The molecule has 0 atom stereocenters. The number of thiophene rings is 1. The summed E-state index contributed by atoms with van der Waals surface area (Å²) in [5, 5.41) is 3.10. The quantitative estimate of drug-likeness (QED) is 0.625. The minimum Gasteiger partial charge on any atom is -0.365 e. The SMILES string of the molecule is CCCCN(CC)S(=O)(=O)c1ccc(C(=O)Nc2sc(C)c(C)c2C(N)=O)cc1. The van der Waals surface area contributed by atoms with Crippen LogP contribution in [0, 0.1) is 13.8 Å². The van der Waals surface area contributed by atoms with Gasteiger partial charge in [-0.1, -0.05) is 20.3 Å². The maximum absolute atomic E-state index is 12.8. The second-order valence-electron chi connectivity index (χ2n) is 6.68. The highest BCUT2D eigenvalue weighted by molar-refractivity contribution is 7.89. The van der Waals surface area contributed by atoms with Gasteiger partial charge in [0.1, 0.15) is 5.00 Å². The van der Waals surface area contributed by atoms with E-state index in [9.17, 15) is 18.0 Å². The lowest BCUT2D eigenvalue weighted by molar-refractivity contribution is 0.100. The summed E-state index contributed by atoms with van der Waals surface area (Å²) in [6.07, 6.45) is 1.69. The molecule has 0 saturated heterocycles. The standard InChI is InChI=1S/C20H27N3O4S2/c1-5-7-12-23(6-2)29(26,27)16-10-8-15(9-11-16)19(25)22-20-17(18(21)24)13(3)14(4)28-20/h8-11H,5-7,12H2,1-4H3,(H2,21,24)(H,22,25). The lowest BCUT2D eigenvalue weighted by atomic mass is 10.1. The van der Waals surface area contributed by atoms with Crippen LogP contribution in [0.25, 0.3) is 0 Å². The van der Waals surface area contributed by atoms with Crippen molar-refractivity contribution >= 4 is 38.2 Å². The molecule has 0 radical (unpaired) electrons. The minimum atomic E-state index is -3.60. The third-order valence-corrected chi connectivity index (χ3v) is 7.84. The van der Waals surface area contributed by atoms with E-state index in [2.05, 4.69) is 5.32 Å². The van der Waals surface area contributed by atoms with Crippen molar-refractivity contribution in [1.82, 2.24) is 4.31 Å². The first-order valence-corrected chi connectivity index (χ1v) is 11.7. The first kappa shape index (κ1) is 23.1. The van der Waals surface area contributed by atoms with Crippen molar-refractivity contribution in [2.24, 2.45) is 5.73 Å². The van der Waals surface area contributed by atoms with Crippen LogP contribution in [0.5, 0.6) is 0 Å². The van der Waals surface area contributed by atoms with Gasteiger partial charge in [-0.25, -0.2) is 8.42 Å². The summed E-state index contributed by atoms with van der Waals surface area (Å²) in [5.41, 5.74) is 6.77. The fourth-order valence-electron chi connectivity index (χ4n) is 2.90. The molecule has 0 aliphatic rings. The summed E-state index contributed by atoms with van der Waals surface area (Å²) in [6.45, 7) is 8.28. The zero-order valence-electron chi connectivity index (χ0n) is 17.1. The highest BCUT2D eigenvalue weighted by Gasteiger charge is 2.23. The highest BCUT2D eigenvalue weighted by Crippen LogP contribution is 2.32. The Bertz CT molecular complexity index is 995. The topological polar surface area (TPSA) is 110 Å². The van der Waals surface area contributed by atoms with E-state index in [1.807, 2.05) is 13.8 Å². The summed E-state index contributed by atoms with van der Waals surface area (Å²) in [4.78, 5) is 25.3. The number of sulfonamides is 1. The van der Waals surface area contributed by atoms with Crippen molar-refractivity contribution in [3.63, 3.8) is 0 Å². The fourth-order valence-corrected chi connectivity index (χ4v) is 5.45. The van der Waals surface area contributed by atoms with Crippen LogP contribution < -0.4 is 11.1 Å². The molecule has 2 rings (SSSR count). The van der Waals surface area contributed by atoms with Gasteiger partial charge in [-0.2, -0.15) is 4.31 Å². The summed E-state index contributed by atoms with van der Waals surface area (Å²) >= 11 is 1.28. The first-order chi connectivity index (χ1) is 13.6. The average Bonchev–Trinajstić information content (AvgIpc) is 2.95. The number of unbranched alkanes of at least 4 members (excludes halogenated alkanes) is 1. The van der Waals surface area contributed by atoms with Crippen LogP contribution in [0.4, 0.5) is 5.00 Å². The number of nitrogens with one attached hydrogen (secondary N) is 1. The van der Waals surface area contributed by atoms with Crippen molar-refractivity contribution in [3.05, 3.63) is 45.8 Å². The third kappa shape index (κ3) is 5.04. The van der Waals surface area contributed by atoms with Gasteiger partial charge in [0.15, 0.2) is 0 Å². The number of benzene rings is 1. The van der Waals surface area contributed by atoms with E-state index < -0.39 is 21.8 Å². The second kappa shape index (κ2) is 9.51. The van der Waals surface area contributed by atoms with Gasteiger partial charge in [-0.15, -0.1) is 11.3 Å². The zero-order valence-corrected chi connectivity index (χ0v) is 18.7. The zero-order chi connectivity index (χ0) is 21.8. The Morgan fingerprint density at radius 1 is 1.14 bits per heavy atom. The number of amides is 2. The molecule has 158 valence electrons. The molecule has 3 N–H and O–H groups in total. The number of hydrogen-bond donors (Lipinski definition) is 2. The summed E-state index contributed by atoms with van der Waals surface area (Å²) in [6, 6.07) is 5.79. The molecule has 0 saturated carbocycles. The fraction of sp³-hybridized carbons (Fsp3) is 0.400. The van der Waals surface area contributed by atoms with E-state index in [1.54, 1.807) is 13.8 Å². The normalized spacial score (nSPS) is 11.6. The van der Waals surface area contributed by atoms with Crippen LogP contribution in [0.15, 0.2) is 29.2 Å². The first-order valence-electron chi connectivity index (χ1n) is 9.44. The number of rotatable bonds is 9. The lowest BCUT2D eigenvalue weighted by Gasteiger charge is -2.20. The molecule has 0 bridgehead atoms. The Kier molecular flexibility index (Phi) is 7.56. The molecule has 0 aliphatic carbocycles. The van der Waals surface area contributed by atoms with Crippen LogP contribution in [0.1, 0.15) is 57.8 Å². The van der Waals surface area contributed by atoms with Crippen molar-refractivity contribution in [3.8, 4) is 0 Å². The van der Waals surface area contributed by atoms with Gasteiger partial charge in [0.05, 0.1) is 10.5 Å². The molecule has 0 unspecified atom stereocenters. The molecule has 0 spiro atoms. The van der Waals surface area contributed by atoms with Gasteiger partial charge in [0.25, 0.3) is 11.8 Å². The number of hydrogen-bond acceptors (Lipinski definition) is 5. The van der Waals surface area contributed by atoms with Crippen molar-refractivity contribution < 1.29 is 18.0 Å². The molecule has 9 heteroatoms. The molecule has 0 aliphatic heterocycles. The largest absolute Gasteiger partial charge is 0.365 e. The maximum atomic E-state index is 12.8. The van der Waals surface area contributed by atoms with Crippen molar-refractivity contribution in [1.29, 1.82) is 0 Å². The van der Waals surface area contributed by atoms with Crippen LogP contribution in [-0.4, -0.2) is 37.6 Å². The Morgan fingerprint density at radius 2 is 1.76 bits per heavy atom. The van der Waals surface area contributed by atoms with E-state index in [0.29, 0.717) is 29.2 Å². The molecular formula is C20H27N3O4S2. The molecule has 1 aromatic carbocycles. The molecule has 2 aromatic rings. The molecule has 1 heterocycles. The van der Waals surface area contributed by atoms with Gasteiger partial charge in [-0.3, -0.25) is 9.59 Å².